The molecule has 0 spiro atoms. The van der Waals surface area contributed by atoms with E-state index in [1.54, 1.807) is 0 Å². The molecule has 1 aromatic heterocycles. The zero-order valence-electron chi connectivity index (χ0n) is 8.31. The van der Waals surface area contributed by atoms with Crippen molar-refractivity contribution >= 4 is 17.7 Å². The molecule has 0 aliphatic carbocycles. The molecule has 0 saturated carbocycles. The van der Waals surface area contributed by atoms with Gasteiger partial charge in [0.2, 0.25) is 5.91 Å². The number of anilines is 1. The van der Waals surface area contributed by atoms with Crippen LogP contribution >= 0.6 is 0 Å². The van der Waals surface area contributed by atoms with E-state index in [2.05, 4.69) is 15.0 Å². The van der Waals surface area contributed by atoms with Crippen LogP contribution in [0.15, 0.2) is 18.5 Å². The minimum Gasteiger partial charge on any atom is -0.437 e. The molecule has 0 fully saturated rings. The minimum atomic E-state index is -0.866. The Morgan fingerprint density at radius 3 is 2.80 bits per heavy atom. The van der Waals surface area contributed by atoms with Crippen LogP contribution in [0.1, 0.15) is 6.92 Å². The predicted molar refractivity (Wildman–Crippen MR) is 51.6 cm³/mol. The molecule has 0 bridgehead atoms. The van der Waals surface area contributed by atoms with Gasteiger partial charge >= 0.3 is 6.16 Å². The van der Waals surface area contributed by atoms with E-state index >= 15 is 0 Å². The summed E-state index contributed by atoms with van der Waals surface area (Å²) in [6.45, 7) is 1.35. The highest BCUT2D eigenvalue weighted by Gasteiger charge is 2.09. The molecule has 6 heteroatoms. The summed E-state index contributed by atoms with van der Waals surface area (Å²) >= 11 is 0. The van der Waals surface area contributed by atoms with Gasteiger partial charge in [0.05, 0.1) is 19.0 Å². The molecule has 0 aliphatic heterocycles. The summed E-state index contributed by atoms with van der Waals surface area (Å²) in [5.74, 6) is -0.129. The van der Waals surface area contributed by atoms with Crippen LogP contribution in [0, 0.1) is 0 Å². The molecule has 0 unspecified atom stereocenters. The number of aromatic nitrogens is 1. The molecule has 1 rings (SSSR count). The van der Waals surface area contributed by atoms with Gasteiger partial charge in [-0.15, -0.1) is 0 Å². The average Bonchev–Trinajstić information content (AvgIpc) is 2.20. The molecule has 1 amide bonds. The number of methoxy groups -OCH3 is 1. The van der Waals surface area contributed by atoms with Gasteiger partial charge in [-0.05, 0) is 6.07 Å². The quantitative estimate of drug-likeness (QED) is 0.741. The lowest BCUT2D eigenvalue weighted by Gasteiger charge is -2.07. The highest BCUT2D eigenvalue weighted by molar-refractivity contribution is 5.90. The first-order valence-corrected chi connectivity index (χ1v) is 4.11. The lowest BCUT2D eigenvalue weighted by molar-refractivity contribution is -0.114. The van der Waals surface area contributed by atoms with Crippen molar-refractivity contribution in [1.29, 1.82) is 0 Å². The van der Waals surface area contributed by atoms with E-state index in [1.165, 1.54) is 32.5 Å². The molecule has 0 radical (unpaired) electrons. The van der Waals surface area contributed by atoms with Crippen molar-refractivity contribution in [3.8, 4) is 5.75 Å². The molecule has 0 aromatic carbocycles. The topological polar surface area (TPSA) is 77.5 Å². The Kier molecular flexibility index (Phi) is 3.61. The van der Waals surface area contributed by atoms with Crippen LogP contribution in [0.3, 0.4) is 0 Å². The predicted octanol–water partition coefficient (Wildman–Crippen LogP) is 1.19. The summed E-state index contributed by atoms with van der Waals surface area (Å²) in [7, 11) is 1.19. The maximum atomic E-state index is 10.8. The number of rotatable bonds is 2. The molecular formula is C9H10N2O4. The van der Waals surface area contributed by atoms with Crippen LogP contribution in [-0.4, -0.2) is 24.2 Å². The standard InChI is InChI=1S/C9H10N2O4/c1-6(12)11-7-3-4-10-5-8(7)15-9(13)14-2/h3-5H,1-2H3,(H,10,11,12). The molecule has 0 atom stereocenters. The second kappa shape index (κ2) is 4.94. The summed E-state index contributed by atoms with van der Waals surface area (Å²) in [6, 6.07) is 1.51. The van der Waals surface area contributed by atoms with Crippen molar-refractivity contribution in [1.82, 2.24) is 4.98 Å². The second-order valence-corrected chi connectivity index (χ2v) is 2.61. The fourth-order valence-electron chi connectivity index (χ4n) is 0.886. The van der Waals surface area contributed by atoms with Crippen LogP contribution in [-0.2, 0) is 9.53 Å². The molecule has 0 saturated heterocycles. The maximum absolute atomic E-state index is 10.8. The third-order valence-corrected chi connectivity index (χ3v) is 1.46. The van der Waals surface area contributed by atoms with E-state index in [9.17, 15) is 9.59 Å². The fourth-order valence-corrected chi connectivity index (χ4v) is 0.886. The first-order valence-electron chi connectivity index (χ1n) is 4.11. The maximum Gasteiger partial charge on any atom is 0.513 e. The van der Waals surface area contributed by atoms with E-state index in [0.29, 0.717) is 5.69 Å². The normalized spacial score (nSPS) is 9.20. The van der Waals surface area contributed by atoms with Crippen molar-refractivity contribution in [3.05, 3.63) is 18.5 Å². The molecule has 1 aromatic rings. The number of carbonyl (C=O) groups excluding carboxylic acids is 2. The van der Waals surface area contributed by atoms with E-state index in [-0.39, 0.29) is 11.7 Å². The molecule has 80 valence electrons. The van der Waals surface area contributed by atoms with Gasteiger partial charge in [0.25, 0.3) is 0 Å². The summed E-state index contributed by atoms with van der Waals surface area (Å²) in [4.78, 5) is 25.4. The Morgan fingerprint density at radius 1 is 1.47 bits per heavy atom. The van der Waals surface area contributed by atoms with Gasteiger partial charge in [0, 0.05) is 13.1 Å². The Hall–Kier alpha value is -2.11. The van der Waals surface area contributed by atoms with Crippen molar-refractivity contribution in [2.75, 3.05) is 12.4 Å². The van der Waals surface area contributed by atoms with Crippen molar-refractivity contribution < 1.29 is 19.1 Å². The third-order valence-electron chi connectivity index (χ3n) is 1.46. The van der Waals surface area contributed by atoms with Gasteiger partial charge in [-0.25, -0.2) is 4.79 Å². The smallest absolute Gasteiger partial charge is 0.437 e. The monoisotopic (exact) mass is 210 g/mol. The Labute approximate surface area is 86.2 Å². The third kappa shape index (κ3) is 3.26. The van der Waals surface area contributed by atoms with Gasteiger partial charge in [0.1, 0.15) is 0 Å². The number of nitrogens with one attached hydrogen (secondary N) is 1. The lowest BCUT2D eigenvalue weighted by Crippen LogP contribution is -2.12. The van der Waals surface area contributed by atoms with Crippen molar-refractivity contribution in [3.63, 3.8) is 0 Å². The minimum absolute atomic E-state index is 0.138. The molecular weight excluding hydrogens is 200 g/mol. The Balaban J connectivity index is 2.85. The summed E-state index contributed by atoms with van der Waals surface area (Å²) in [6.07, 6.45) is 1.91. The zero-order chi connectivity index (χ0) is 11.3. The first-order chi connectivity index (χ1) is 7.13. The van der Waals surface area contributed by atoms with Crippen molar-refractivity contribution in [2.24, 2.45) is 0 Å². The zero-order valence-corrected chi connectivity index (χ0v) is 8.31. The number of pyridine rings is 1. The summed E-state index contributed by atoms with van der Waals surface area (Å²) in [5.41, 5.74) is 0.364. The van der Waals surface area contributed by atoms with Crippen LogP contribution in [0.25, 0.3) is 0 Å². The molecule has 6 nitrogen and oxygen atoms in total. The van der Waals surface area contributed by atoms with Gasteiger partial charge in [-0.2, -0.15) is 0 Å². The number of hydrogen-bond acceptors (Lipinski definition) is 5. The highest BCUT2D eigenvalue weighted by Crippen LogP contribution is 2.22. The van der Waals surface area contributed by atoms with E-state index < -0.39 is 6.16 Å². The van der Waals surface area contributed by atoms with E-state index in [0.717, 1.165) is 0 Å². The van der Waals surface area contributed by atoms with E-state index in [1.807, 2.05) is 0 Å². The highest BCUT2D eigenvalue weighted by atomic mass is 16.7. The van der Waals surface area contributed by atoms with Crippen LogP contribution in [0.2, 0.25) is 0 Å². The van der Waals surface area contributed by atoms with Crippen molar-refractivity contribution in [2.45, 2.75) is 6.92 Å². The van der Waals surface area contributed by atoms with Gasteiger partial charge < -0.3 is 14.8 Å². The molecule has 1 heterocycles. The number of nitrogens with zero attached hydrogens (tertiary/aromatic N) is 1. The van der Waals surface area contributed by atoms with Crippen LogP contribution in [0.4, 0.5) is 10.5 Å². The largest absolute Gasteiger partial charge is 0.513 e. The number of amides is 1. The van der Waals surface area contributed by atoms with E-state index in [4.69, 9.17) is 4.74 Å². The number of hydrogen-bond donors (Lipinski definition) is 1. The Morgan fingerprint density at radius 2 is 2.20 bits per heavy atom. The summed E-state index contributed by atoms with van der Waals surface area (Å²) < 4.78 is 9.07. The van der Waals surface area contributed by atoms with Crippen LogP contribution < -0.4 is 10.1 Å². The lowest BCUT2D eigenvalue weighted by atomic mass is 10.3. The SMILES string of the molecule is COC(=O)Oc1cnccc1NC(C)=O. The second-order valence-electron chi connectivity index (χ2n) is 2.61. The van der Waals surface area contributed by atoms with Gasteiger partial charge in [0.15, 0.2) is 5.75 Å². The Bertz CT molecular complexity index is 378. The first kappa shape index (κ1) is 11.0. The van der Waals surface area contributed by atoms with Gasteiger partial charge in [-0.1, -0.05) is 0 Å². The summed E-state index contributed by atoms with van der Waals surface area (Å²) in [5, 5.41) is 2.49. The fraction of sp³-hybridized carbons (Fsp3) is 0.222. The number of ether oxygens (including phenoxy) is 2. The number of carbonyl (C=O) groups is 2. The molecule has 15 heavy (non-hydrogen) atoms. The average molecular weight is 210 g/mol. The van der Waals surface area contributed by atoms with Gasteiger partial charge in [-0.3, -0.25) is 9.78 Å². The van der Waals surface area contributed by atoms with Crippen LogP contribution in [0.5, 0.6) is 5.75 Å². The molecule has 0 aliphatic rings. The molecule has 1 N–H and O–H groups in total.